The zero-order chi connectivity index (χ0) is 8.39. The summed E-state index contributed by atoms with van der Waals surface area (Å²) in [6, 6.07) is 7.79. The lowest BCUT2D eigenvalue weighted by Gasteiger charge is -2.09. The topological polar surface area (TPSA) is 21.3 Å². The normalized spacial score (nSPS) is 22.9. The third kappa shape index (κ3) is 1.46. The fraction of sp³-hybridized carbons (Fsp3) is 0.333. The fourth-order valence-electron chi connectivity index (χ4n) is 1.36. The summed E-state index contributed by atoms with van der Waals surface area (Å²) < 4.78 is 0. The molecule has 1 fully saturated rings. The summed E-state index contributed by atoms with van der Waals surface area (Å²) in [5, 5.41) is 0.784. The first-order valence-electron chi connectivity index (χ1n) is 4.01. The van der Waals surface area contributed by atoms with E-state index in [-0.39, 0.29) is 6.10 Å². The summed E-state index contributed by atoms with van der Waals surface area (Å²) in [5.41, 5.74) is 3.91. The van der Waals surface area contributed by atoms with E-state index in [1.54, 1.807) is 0 Å². The highest BCUT2D eigenvalue weighted by Crippen LogP contribution is 2.29. The molecule has 1 aliphatic heterocycles. The van der Waals surface area contributed by atoms with Gasteiger partial charge in [0.1, 0.15) is 6.10 Å². The quantitative estimate of drug-likeness (QED) is 0.722. The molecule has 1 aromatic rings. The van der Waals surface area contributed by atoms with Gasteiger partial charge in [-0.2, -0.15) is 0 Å². The number of hydrogen-bond donors (Lipinski definition) is 1. The lowest BCUT2D eigenvalue weighted by molar-refractivity contribution is 0.0337. The van der Waals surface area contributed by atoms with Gasteiger partial charge >= 0.3 is 0 Å². The molecule has 1 aromatic carbocycles. The Kier molecular flexibility index (Phi) is 2.30. The van der Waals surface area contributed by atoms with Gasteiger partial charge in [0, 0.05) is 17.1 Å². The molecule has 64 valence electrons. The first kappa shape index (κ1) is 8.05. The molecular formula is C9H10ClNO. The molecule has 1 atom stereocenters. The number of nitrogens with one attached hydrogen (secondary N) is 1. The van der Waals surface area contributed by atoms with Crippen molar-refractivity contribution in [2.45, 2.75) is 12.5 Å². The molecule has 1 aliphatic rings. The Morgan fingerprint density at radius 3 is 2.92 bits per heavy atom. The molecule has 0 spiro atoms. The van der Waals surface area contributed by atoms with Crippen LogP contribution in [0.25, 0.3) is 0 Å². The molecular weight excluding hydrogens is 174 g/mol. The van der Waals surface area contributed by atoms with Gasteiger partial charge in [-0.25, -0.2) is 5.48 Å². The smallest absolute Gasteiger partial charge is 0.107 e. The monoisotopic (exact) mass is 183 g/mol. The molecule has 3 heteroatoms. The maximum Gasteiger partial charge on any atom is 0.107 e. The number of rotatable bonds is 1. The van der Waals surface area contributed by atoms with Gasteiger partial charge in [0.2, 0.25) is 0 Å². The zero-order valence-corrected chi connectivity index (χ0v) is 7.34. The molecule has 0 amide bonds. The van der Waals surface area contributed by atoms with E-state index < -0.39 is 0 Å². The van der Waals surface area contributed by atoms with Crippen LogP contribution in [-0.2, 0) is 4.84 Å². The third-order valence-corrected chi connectivity index (χ3v) is 2.33. The van der Waals surface area contributed by atoms with Gasteiger partial charge in [0.15, 0.2) is 0 Å². The molecule has 2 nitrogen and oxygen atoms in total. The SMILES string of the molecule is Clc1ccccc1C1CCNO1. The highest BCUT2D eigenvalue weighted by molar-refractivity contribution is 6.31. The number of hydrogen-bond acceptors (Lipinski definition) is 2. The van der Waals surface area contributed by atoms with E-state index in [4.69, 9.17) is 16.4 Å². The van der Waals surface area contributed by atoms with Crippen LogP contribution in [0.2, 0.25) is 5.02 Å². The van der Waals surface area contributed by atoms with Crippen LogP contribution < -0.4 is 5.48 Å². The minimum Gasteiger partial charge on any atom is -0.294 e. The molecule has 1 saturated heterocycles. The second-order valence-electron chi connectivity index (χ2n) is 2.81. The van der Waals surface area contributed by atoms with Crippen molar-refractivity contribution >= 4 is 11.6 Å². The Bertz CT molecular complexity index is 271. The van der Waals surface area contributed by atoms with Crippen molar-refractivity contribution in [3.05, 3.63) is 34.9 Å². The molecule has 1 unspecified atom stereocenters. The average Bonchev–Trinajstić information content (AvgIpc) is 2.57. The van der Waals surface area contributed by atoms with Crippen molar-refractivity contribution in [1.29, 1.82) is 0 Å². The lowest BCUT2D eigenvalue weighted by Crippen LogP contribution is -2.04. The second kappa shape index (κ2) is 3.44. The molecule has 0 radical (unpaired) electrons. The summed E-state index contributed by atoms with van der Waals surface area (Å²) >= 11 is 6.00. The summed E-state index contributed by atoms with van der Waals surface area (Å²) in [7, 11) is 0. The van der Waals surface area contributed by atoms with Gasteiger partial charge in [-0.05, 0) is 12.5 Å². The molecule has 1 heterocycles. The molecule has 0 aromatic heterocycles. The molecule has 12 heavy (non-hydrogen) atoms. The summed E-state index contributed by atoms with van der Waals surface area (Å²) in [4.78, 5) is 5.29. The Labute approximate surface area is 76.4 Å². The standard InChI is InChI=1S/C9H10ClNO/c10-8-4-2-1-3-7(8)9-5-6-11-12-9/h1-4,9,11H,5-6H2. The minimum atomic E-state index is 0.124. The maximum atomic E-state index is 6.00. The van der Waals surface area contributed by atoms with Crippen LogP contribution in [0.15, 0.2) is 24.3 Å². The highest BCUT2D eigenvalue weighted by atomic mass is 35.5. The molecule has 0 bridgehead atoms. The fourth-order valence-corrected chi connectivity index (χ4v) is 1.62. The van der Waals surface area contributed by atoms with Crippen molar-refractivity contribution in [2.75, 3.05) is 6.54 Å². The van der Waals surface area contributed by atoms with Crippen molar-refractivity contribution in [3.8, 4) is 0 Å². The third-order valence-electron chi connectivity index (χ3n) is 1.99. The van der Waals surface area contributed by atoms with Crippen LogP contribution in [-0.4, -0.2) is 6.54 Å². The van der Waals surface area contributed by atoms with Gasteiger partial charge in [0.05, 0.1) is 0 Å². The Morgan fingerprint density at radius 1 is 1.42 bits per heavy atom. The van der Waals surface area contributed by atoms with E-state index in [9.17, 15) is 0 Å². The predicted octanol–water partition coefficient (Wildman–Crippen LogP) is 2.31. The average molecular weight is 184 g/mol. The van der Waals surface area contributed by atoms with Crippen LogP contribution in [0.5, 0.6) is 0 Å². The number of benzene rings is 1. The van der Waals surface area contributed by atoms with Gasteiger partial charge in [-0.1, -0.05) is 29.8 Å². The molecule has 2 rings (SSSR count). The predicted molar refractivity (Wildman–Crippen MR) is 47.9 cm³/mol. The van der Waals surface area contributed by atoms with E-state index >= 15 is 0 Å². The summed E-state index contributed by atoms with van der Waals surface area (Å²) in [6.45, 7) is 0.899. The number of halogens is 1. The first-order chi connectivity index (χ1) is 5.88. The zero-order valence-electron chi connectivity index (χ0n) is 6.59. The van der Waals surface area contributed by atoms with E-state index in [1.165, 1.54) is 0 Å². The van der Waals surface area contributed by atoms with Crippen LogP contribution in [0, 0.1) is 0 Å². The Hall–Kier alpha value is -0.570. The minimum absolute atomic E-state index is 0.124. The van der Waals surface area contributed by atoms with E-state index in [2.05, 4.69) is 5.48 Å². The molecule has 0 saturated carbocycles. The van der Waals surface area contributed by atoms with Crippen LogP contribution >= 0.6 is 11.6 Å². The van der Waals surface area contributed by atoms with Crippen LogP contribution in [0.1, 0.15) is 18.1 Å². The van der Waals surface area contributed by atoms with Gasteiger partial charge in [-0.15, -0.1) is 0 Å². The number of hydroxylamine groups is 1. The Morgan fingerprint density at radius 2 is 2.25 bits per heavy atom. The van der Waals surface area contributed by atoms with Crippen molar-refractivity contribution in [2.24, 2.45) is 0 Å². The van der Waals surface area contributed by atoms with E-state index in [0.29, 0.717) is 0 Å². The van der Waals surface area contributed by atoms with Crippen molar-refractivity contribution < 1.29 is 4.84 Å². The van der Waals surface area contributed by atoms with Crippen LogP contribution in [0.4, 0.5) is 0 Å². The van der Waals surface area contributed by atoms with E-state index in [0.717, 1.165) is 23.6 Å². The lowest BCUT2D eigenvalue weighted by atomic mass is 10.1. The van der Waals surface area contributed by atoms with Crippen LogP contribution in [0.3, 0.4) is 0 Å². The van der Waals surface area contributed by atoms with Crippen molar-refractivity contribution in [1.82, 2.24) is 5.48 Å². The highest BCUT2D eigenvalue weighted by Gasteiger charge is 2.19. The second-order valence-corrected chi connectivity index (χ2v) is 3.22. The van der Waals surface area contributed by atoms with Crippen molar-refractivity contribution in [3.63, 3.8) is 0 Å². The molecule has 0 aliphatic carbocycles. The largest absolute Gasteiger partial charge is 0.294 e. The Balaban J connectivity index is 2.26. The molecule has 1 N–H and O–H groups in total. The maximum absolute atomic E-state index is 6.00. The first-order valence-corrected chi connectivity index (χ1v) is 4.38. The summed E-state index contributed by atoms with van der Waals surface area (Å²) in [5.74, 6) is 0. The van der Waals surface area contributed by atoms with Gasteiger partial charge in [0.25, 0.3) is 0 Å². The van der Waals surface area contributed by atoms with Gasteiger partial charge in [-0.3, -0.25) is 4.84 Å². The van der Waals surface area contributed by atoms with Gasteiger partial charge < -0.3 is 0 Å². The summed E-state index contributed by atoms with van der Waals surface area (Å²) in [6.07, 6.45) is 1.11. The van der Waals surface area contributed by atoms with E-state index in [1.807, 2.05) is 24.3 Å².